The summed E-state index contributed by atoms with van der Waals surface area (Å²) in [6, 6.07) is 13.6. The van der Waals surface area contributed by atoms with E-state index < -0.39 is 11.7 Å². The Balaban J connectivity index is 1.13. The van der Waals surface area contributed by atoms with Crippen LogP contribution in [0.15, 0.2) is 48.5 Å². The molecule has 3 heterocycles. The number of rotatable bonds is 5. The second-order valence-corrected chi connectivity index (χ2v) is 9.67. The zero-order chi connectivity index (χ0) is 25.3. The molecule has 0 atom stereocenters. The molecular formula is C27H32F3N5O. The number of benzene rings is 2. The number of likely N-dealkylation sites (tertiary alicyclic amines) is 1. The molecule has 6 nitrogen and oxygen atoms in total. The van der Waals surface area contributed by atoms with Crippen molar-refractivity contribution >= 4 is 22.6 Å². The molecule has 2 aliphatic rings. The van der Waals surface area contributed by atoms with E-state index in [2.05, 4.69) is 22.5 Å². The number of aryl methyl sites for hydroxylation is 1. The Kier molecular flexibility index (Phi) is 6.92. The summed E-state index contributed by atoms with van der Waals surface area (Å²) in [5.74, 6) is 1.25. The third-order valence-electron chi connectivity index (χ3n) is 7.48. The number of carbonyl (C=O) groups excluding carboxylic acids is 1. The van der Waals surface area contributed by atoms with Gasteiger partial charge in [-0.15, -0.1) is 0 Å². The van der Waals surface area contributed by atoms with Gasteiger partial charge in [-0.2, -0.15) is 13.2 Å². The van der Waals surface area contributed by atoms with Crippen LogP contribution in [-0.4, -0.2) is 64.5 Å². The van der Waals surface area contributed by atoms with Gasteiger partial charge < -0.3 is 14.4 Å². The van der Waals surface area contributed by atoms with Gasteiger partial charge in [0, 0.05) is 44.3 Å². The highest BCUT2D eigenvalue weighted by atomic mass is 19.4. The number of fused-ring (bicyclic) bond motifs is 1. The van der Waals surface area contributed by atoms with Crippen molar-refractivity contribution in [3.8, 4) is 0 Å². The van der Waals surface area contributed by atoms with Crippen molar-refractivity contribution < 1.29 is 18.0 Å². The van der Waals surface area contributed by atoms with Crippen molar-refractivity contribution in [3.63, 3.8) is 0 Å². The number of alkyl halides is 3. The van der Waals surface area contributed by atoms with Gasteiger partial charge in [0.1, 0.15) is 5.82 Å². The fourth-order valence-corrected chi connectivity index (χ4v) is 5.46. The first-order valence-electron chi connectivity index (χ1n) is 12.7. The Morgan fingerprint density at radius 2 is 1.69 bits per heavy atom. The van der Waals surface area contributed by atoms with Gasteiger partial charge in [-0.1, -0.05) is 18.2 Å². The third-order valence-corrected chi connectivity index (χ3v) is 7.48. The molecule has 0 radical (unpaired) electrons. The Labute approximate surface area is 209 Å². The van der Waals surface area contributed by atoms with Gasteiger partial charge in [0.15, 0.2) is 0 Å². The minimum absolute atomic E-state index is 0.00588. The molecule has 0 aliphatic carbocycles. The lowest BCUT2D eigenvalue weighted by atomic mass is 9.95. The summed E-state index contributed by atoms with van der Waals surface area (Å²) in [4.78, 5) is 24.2. The predicted octanol–water partition coefficient (Wildman–Crippen LogP) is 4.64. The number of para-hydroxylation sites is 2. The summed E-state index contributed by atoms with van der Waals surface area (Å²) < 4.78 is 41.5. The third kappa shape index (κ3) is 5.07. The summed E-state index contributed by atoms with van der Waals surface area (Å²) in [5.41, 5.74) is 2.09. The van der Waals surface area contributed by atoms with Crippen LogP contribution in [0.1, 0.15) is 31.2 Å². The van der Waals surface area contributed by atoms with Gasteiger partial charge >= 0.3 is 6.18 Å². The predicted molar refractivity (Wildman–Crippen MR) is 134 cm³/mol. The number of hydrogen-bond acceptors (Lipinski definition) is 4. The van der Waals surface area contributed by atoms with E-state index in [-0.39, 0.29) is 11.8 Å². The van der Waals surface area contributed by atoms with Gasteiger partial charge in [0.2, 0.25) is 5.91 Å². The van der Waals surface area contributed by atoms with Gasteiger partial charge in [0.05, 0.1) is 23.1 Å². The number of piperazine rings is 1. The van der Waals surface area contributed by atoms with Crippen LogP contribution in [0.5, 0.6) is 0 Å². The van der Waals surface area contributed by atoms with Crippen LogP contribution in [0, 0.1) is 5.92 Å². The Morgan fingerprint density at radius 3 is 2.39 bits per heavy atom. The molecular weight excluding hydrogens is 467 g/mol. The molecule has 2 aliphatic heterocycles. The van der Waals surface area contributed by atoms with E-state index in [1.165, 1.54) is 12.1 Å². The van der Waals surface area contributed by atoms with E-state index >= 15 is 0 Å². The highest BCUT2D eigenvalue weighted by Crippen LogP contribution is 2.32. The number of halogens is 3. The van der Waals surface area contributed by atoms with E-state index in [4.69, 9.17) is 4.98 Å². The van der Waals surface area contributed by atoms with Crippen LogP contribution < -0.4 is 4.90 Å². The minimum atomic E-state index is -4.36. The first-order chi connectivity index (χ1) is 17.3. The van der Waals surface area contributed by atoms with Crippen molar-refractivity contribution in [1.82, 2.24) is 19.4 Å². The number of imidazole rings is 1. The maximum absolute atomic E-state index is 13.2. The number of nitrogens with zero attached hydrogens (tertiary/aromatic N) is 5. The van der Waals surface area contributed by atoms with Crippen LogP contribution in [0.3, 0.4) is 0 Å². The highest BCUT2D eigenvalue weighted by Gasteiger charge is 2.33. The summed E-state index contributed by atoms with van der Waals surface area (Å²) in [5, 5.41) is 0. The molecule has 0 saturated carbocycles. The van der Waals surface area contributed by atoms with E-state index in [0.717, 1.165) is 61.9 Å². The van der Waals surface area contributed by atoms with Crippen molar-refractivity contribution in [2.24, 2.45) is 5.92 Å². The lowest BCUT2D eigenvalue weighted by Gasteiger charge is -2.39. The van der Waals surface area contributed by atoms with E-state index in [9.17, 15) is 18.0 Å². The lowest BCUT2D eigenvalue weighted by molar-refractivity contribution is -0.138. The van der Waals surface area contributed by atoms with E-state index in [1.807, 2.05) is 28.0 Å². The summed E-state index contributed by atoms with van der Waals surface area (Å²) in [6.45, 7) is 7.65. The SMILES string of the molecule is CCn1c(CN2CCC(C(=O)N3CCN(c4cccc(C(F)(F)F)c4)CC3)CC2)nc2ccccc21. The highest BCUT2D eigenvalue weighted by molar-refractivity contribution is 5.79. The molecule has 0 bridgehead atoms. The van der Waals surface area contributed by atoms with Crippen molar-refractivity contribution in [2.75, 3.05) is 44.2 Å². The van der Waals surface area contributed by atoms with Gasteiger partial charge in [-0.25, -0.2) is 4.98 Å². The molecule has 2 aromatic carbocycles. The first-order valence-corrected chi connectivity index (χ1v) is 12.7. The fourth-order valence-electron chi connectivity index (χ4n) is 5.46. The smallest absolute Gasteiger partial charge is 0.368 e. The average Bonchev–Trinajstić information content (AvgIpc) is 3.25. The van der Waals surface area contributed by atoms with Gasteiger partial charge in [0.25, 0.3) is 0 Å². The number of aromatic nitrogens is 2. The van der Waals surface area contributed by atoms with E-state index in [0.29, 0.717) is 31.9 Å². The Bertz CT molecular complexity index is 1210. The summed E-state index contributed by atoms with van der Waals surface area (Å²) >= 11 is 0. The first kappa shape index (κ1) is 24.6. The van der Waals surface area contributed by atoms with Crippen LogP contribution in [-0.2, 0) is 24.1 Å². The molecule has 192 valence electrons. The number of hydrogen-bond donors (Lipinski definition) is 0. The molecule has 0 N–H and O–H groups in total. The number of piperidine rings is 1. The average molecular weight is 500 g/mol. The molecule has 2 fully saturated rings. The van der Waals surface area contributed by atoms with Crippen molar-refractivity contribution in [1.29, 1.82) is 0 Å². The lowest BCUT2D eigenvalue weighted by Crippen LogP contribution is -2.51. The van der Waals surface area contributed by atoms with Gasteiger partial charge in [-0.05, 0) is 63.2 Å². The minimum Gasteiger partial charge on any atom is -0.368 e. The van der Waals surface area contributed by atoms with Crippen LogP contribution >= 0.6 is 0 Å². The van der Waals surface area contributed by atoms with Crippen LogP contribution in [0.2, 0.25) is 0 Å². The molecule has 5 rings (SSSR count). The molecule has 1 amide bonds. The molecule has 3 aromatic rings. The molecule has 36 heavy (non-hydrogen) atoms. The van der Waals surface area contributed by atoms with Gasteiger partial charge in [-0.3, -0.25) is 9.69 Å². The largest absolute Gasteiger partial charge is 0.416 e. The maximum atomic E-state index is 13.2. The van der Waals surface area contributed by atoms with E-state index in [1.54, 1.807) is 6.07 Å². The topological polar surface area (TPSA) is 44.6 Å². The van der Waals surface area contributed by atoms with Crippen LogP contribution in [0.25, 0.3) is 11.0 Å². The standard InChI is InChI=1S/C27H32F3N5O/c1-2-35-24-9-4-3-8-23(24)31-25(35)19-32-12-10-20(11-13-32)26(36)34-16-14-33(15-17-34)22-7-5-6-21(18-22)27(28,29)30/h3-9,18,20H,2,10-17,19H2,1H3. The second kappa shape index (κ2) is 10.1. The Hall–Kier alpha value is -3.07. The monoisotopic (exact) mass is 499 g/mol. The molecule has 1 aromatic heterocycles. The fraction of sp³-hybridized carbons (Fsp3) is 0.481. The number of carbonyl (C=O) groups is 1. The zero-order valence-electron chi connectivity index (χ0n) is 20.5. The molecule has 9 heteroatoms. The normalized spacial score (nSPS) is 18.2. The summed E-state index contributed by atoms with van der Waals surface area (Å²) in [7, 11) is 0. The zero-order valence-corrected chi connectivity index (χ0v) is 20.5. The second-order valence-electron chi connectivity index (χ2n) is 9.67. The van der Waals surface area contributed by atoms with Crippen molar-refractivity contribution in [3.05, 3.63) is 59.9 Å². The maximum Gasteiger partial charge on any atom is 0.416 e. The number of anilines is 1. The molecule has 0 unspecified atom stereocenters. The Morgan fingerprint density at radius 1 is 0.972 bits per heavy atom. The van der Waals surface area contributed by atoms with Crippen LogP contribution in [0.4, 0.5) is 18.9 Å². The number of amides is 1. The van der Waals surface area contributed by atoms with Crippen molar-refractivity contribution in [2.45, 2.75) is 39.0 Å². The molecule has 2 saturated heterocycles. The molecule has 0 spiro atoms. The summed E-state index contributed by atoms with van der Waals surface area (Å²) in [6.07, 6.45) is -2.72. The quantitative estimate of drug-likeness (QED) is 0.513.